The van der Waals surface area contributed by atoms with E-state index in [0.717, 1.165) is 22.6 Å². The maximum atomic E-state index is 13.9. The number of benzene rings is 1. The highest BCUT2D eigenvalue weighted by Crippen LogP contribution is 2.42. The highest BCUT2D eigenvalue weighted by atomic mass is 28.4. The lowest BCUT2D eigenvalue weighted by Crippen LogP contribution is -2.42. The predicted octanol–water partition coefficient (Wildman–Crippen LogP) is 7.75. The van der Waals surface area contributed by atoms with Crippen molar-refractivity contribution < 1.29 is 23.9 Å². The number of pyridine rings is 1. The quantitative estimate of drug-likeness (QED) is 0.0639. The van der Waals surface area contributed by atoms with E-state index in [4.69, 9.17) is 14.1 Å². The van der Waals surface area contributed by atoms with Crippen molar-refractivity contribution in [1.29, 1.82) is 0 Å². The van der Waals surface area contributed by atoms with Gasteiger partial charge in [-0.3, -0.25) is 9.59 Å². The van der Waals surface area contributed by atoms with E-state index < -0.39 is 28.5 Å². The van der Waals surface area contributed by atoms with E-state index in [1.807, 2.05) is 0 Å². The van der Waals surface area contributed by atoms with Crippen molar-refractivity contribution in [3.63, 3.8) is 0 Å². The van der Waals surface area contributed by atoms with Crippen LogP contribution in [0.5, 0.6) is 0 Å². The van der Waals surface area contributed by atoms with Gasteiger partial charge in [-0.2, -0.15) is 0 Å². The van der Waals surface area contributed by atoms with Crippen LogP contribution >= 0.6 is 0 Å². The van der Waals surface area contributed by atoms with Crippen molar-refractivity contribution >= 4 is 45.1 Å². The summed E-state index contributed by atoms with van der Waals surface area (Å²) >= 11 is 0. The molecule has 12 nitrogen and oxygen atoms in total. The smallest absolute Gasteiger partial charge is 0.404 e. The highest BCUT2D eigenvalue weighted by molar-refractivity contribution is 6.76. The third kappa shape index (κ3) is 12.7. The number of amides is 2. The summed E-state index contributed by atoms with van der Waals surface area (Å²) in [5.74, 6) is 0.759. The number of anilines is 1. The van der Waals surface area contributed by atoms with Gasteiger partial charge in [0.15, 0.2) is 8.32 Å². The molecular weight excluding hydrogens is 705 g/mol. The Labute approximate surface area is 318 Å². The van der Waals surface area contributed by atoms with Crippen molar-refractivity contribution in [2.45, 2.75) is 117 Å². The lowest BCUT2D eigenvalue weighted by atomic mass is 9.98. The fraction of sp³-hybridized carbons (Fsp3) is 0.590. The molecule has 0 saturated heterocycles. The maximum Gasteiger partial charge on any atom is 0.404 e. The molecule has 2 atom stereocenters. The van der Waals surface area contributed by atoms with E-state index in [9.17, 15) is 19.5 Å². The first-order valence-electron chi connectivity index (χ1n) is 18.7. The Balaban J connectivity index is 1.97. The first-order valence-corrected chi connectivity index (χ1v) is 25.3. The molecule has 0 bridgehead atoms. The van der Waals surface area contributed by atoms with Crippen LogP contribution in [0.1, 0.15) is 65.0 Å². The number of carbonyl (C=O) groups excluding carboxylic acids is 1. The Hall–Kier alpha value is -3.73. The van der Waals surface area contributed by atoms with Crippen molar-refractivity contribution in [1.82, 2.24) is 24.3 Å². The number of imidazole rings is 1. The lowest BCUT2D eigenvalue weighted by Gasteiger charge is -2.40. The Morgan fingerprint density at radius 1 is 1.08 bits per heavy atom. The van der Waals surface area contributed by atoms with Gasteiger partial charge in [-0.15, -0.1) is 0 Å². The molecule has 0 saturated carbocycles. The Morgan fingerprint density at radius 2 is 1.77 bits per heavy atom. The van der Waals surface area contributed by atoms with Crippen molar-refractivity contribution in [2.24, 2.45) is 5.92 Å². The number of rotatable bonds is 19. The Morgan fingerprint density at radius 3 is 2.38 bits per heavy atom. The molecule has 0 aliphatic carbocycles. The number of allylic oxidation sites excluding steroid dienone is 1. The molecule has 1 aromatic carbocycles. The number of hydrogen-bond donors (Lipinski definition) is 3. The number of aromatic nitrogens is 3. The summed E-state index contributed by atoms with van der Waals surface area (Å²) in [5.41, 5.74) is 2.91. The molecule has 1 unspecified atom stereocenters. The van der Waals surface area contributed by atoms with Crippen LogP contribution in [0.25, 0.3) is 11.0 Å². The first kappa shape index (κ1) is 43.7. The molecule has 0 aliphatic rings. The standard InChI is InChI=1S/C39H64N6O6Si2/c1-28(2)36(51-53(11,12)39(3,4)5)30-18-15-20-32-35(30)42-33(45(32)27-50-23-24-52(8,9)10)26-44-22-16-19-31(37(44)47)40-25-29(41-38(48)49)17-13-14-21-34(46)43(6)7/h14-16,18-22,28-29,36,40-41H,13,17,23-27H2,1-12H3,(H,48,49)/b21-14+/t29-,36?/m0/s1. The minimum Gasteiger partial charge on any atom is -0.465 e. The largest absolute Gasteiger partial charge is 0.465 e. The maximum absolute atomic E-state index is 13.9. The molecule has 2 aromatic heterocycles. The van der Waals surface area contributed by atoms with Gasteiger partial charge in [0, 0.05) is 53.1 Å². The molecule has 53 heavy (non-hydrogen) atoms. The monoisotopic (exact) mass is 768 g/mol. The zero-order chi connectivity index (χ0) is 39.7. The predicted molar refractivity (Wildman–Crippen MR) is 220 cm³/mol. The zero-order valence-electron chi connectivity index (χ0n) is 34.1. The van der Waals surface area contributed by atoms with Gasteiger partial charge in [-0.25, -0.2) is 9.78 Å². The molecule has 0 spiro atoms. The molecule has 0 radical (unpaired) electrons. The molecule has 2 heterocycles. The molecular formula is C39H64N6O6Si2. The second-order valence-corrected chi connectivity index (χ2v) is 27.5. The average Bonchev–Trinajstić information content (AvgIpc) is 3.39. The third-order valence-electron chi connectivity index (χ3n) is 9.83. The van der Waals surface area contributed by atoms with Crippen molar-refractivity contribution in [3.8, 4) is 0 Å². The fourth-order valence-corrected chi connectivity index (χ4v) is 7.65. The van der Waals surface area contributed by atoms with Crippen LogP contribution in [0.3, 0.4) is 0 Å². The van der Waals surface area contributed by atoms with Gasteiger partial charge in [0.25, 0.3) is 5.56 Å². The number of fused-ring (bicyclic) bond motifs is 1. The minimum absolute atomic E-state index is 0.0378. The number of nitrogens with one attached hydrogen (secondary N) is 2. The summed E-state index contributed by atoms with van der Waals surface area (Å²) < 4.78 is 17.0. The second-order valence-electron chi connectivity index (χ2n) is 17.2. The minimum atomic E-state index is -2.13. The van der Waals surface area contributed by atoms with Crippen molar-refractivity contribution in [3.05, 3.63) is 70.4 Å². The number of likely N-dealkylation sites (N-methyl/N-ethyl adjacent to an activating group) is 1. The van der Waals surface area contributed by atoms with Crippen LogP contribution in [-0.4, -0.2) is 85.8 Å². The van der Waals surface area contributed by atoms with Crippen LogP contribution in [-0.2, 0) is 27.2 Å². The summed E-state index contributed by atoms with van der Waals surface area (Å²) in [5, 5.41) is 15.1. The van der Waals surface area contributed by atoms with Gasteiger partial charge in [0.1, 0.15) is 18.2 Å². The number of carbonyl (C=O) groups is 2. The summed E-state index contributed by atoms with van der Waals surface area (Å²) in [6.07, 6.45) is 4.55. The van der Waals surface area contributed by atoms with E-state index in [1.54, 1.807) is 43.1 Å². The third-order valence-corrected chi connectivity index (χ3v) is 16.0. The average molecular weight is 769 g/mol. The summed E-state index contributed by atoms with van der Waals surface area (Å²) in [4.78, 5) is 43.9. The second kappa shape index (κ2) is 18.5. The fourth-order valence-electron chi connectivity index (χ4n) is 5.51. The van der Waals surface area contributed by atoms with Gasteiger partial charge < -0.3 is 38.9 Å². The number of ether oxygens (including phenoxy) is 1. The van der Waals surface area contributed by atoms with Gasteiger partial charge >= 0.3 is 6.09 Å². The van der Waals surface area contributed by atoms with Crippen LogP contribution in [0, 0.1) is 5.92 Å². The first-order chi connectivity index (χ1) is 24.6. The van der Waals surface area contributed by atoms with Crippen LogP contribution in [0.2, 0.25) is 43.8 Å². The van der Waals surface area contributed by atoms with Gasteiger partial charge in [-0.05, 0) is 67.2 Å². The zero-order valence-corrected chi connectivity index (χ0v) is 36.1. The summed E-state index contributed by atoms with van der Waals surface area (Å²) in [6.45, 7) is 24.0. The molecule has 3 aromatic rings. The van der Waals surface area contributed by atoms with Gasteiger partial charge in [0.2, 0.25) is 5.91 Å². The molecule has 294 valence electrons. The van der Waals surface area contributed by atoms with E-state index in [1.165, 1.54) is 11.0 Å². The molecule has 0 fully saturated rings. The van der Waals surface area contributed by atoms with Crippen LogP contribution < -0.4 is 16.2 Å². The number of para-hydroxylation sites is 1. The summed E-state index contributed by atoms with van der Waals surface area (Å²) in [7, 11) is -0.106. The number of nitrogens with zero attached hydrogens (tertiary/aromatic N) is 4. The molecule has 0 aliphatic heterocycles. The van der Waals surface area contributed by atoms with Crippen molar-refractivity contribution in [2.75, 3.05) is 32.6 Å². The lowest BCUT2D eigenvalue weighted by molar-refractivity contribution is -0.123. The van der Waals surface area contributed by atoms with Crippen LogP contribution in [0.15, 0.2) is 53.5 Å². The van der Waals surface area contributed by atoms with E-state index >= 15 is 0 Å². The molecule has 3 N–H and O–H groups in total. The van der Waals surface area contributed by atoms with Gasteiger partial charge in [0.05, 0.1) is 23.7 Å². The van der Waals surface area contributed by atoms with E-state index in [2.05, 4.69) is 101 Å². The van der Waals surface area contributed by atoms with E-state index in [0.29, 0.717) is 37.7 Å². The SMILES string of the molecule is CC(C)C(O[Si](C)(C)C(C)(C)C)c1cccc2c1nc(Cn1cccc(NC[C@H](CC/C=C/C(=O)N(C)C)NC(=O)O)c1=O)n2COCC[Si](C)(C)C. The Bertz CT molecular complexity index is 1770. The Kier molecular flexibility index (Phi) is 15.3. The number of carboxylic acid groups (broad SMARTS) is 1. The molecule has 2 amide bonds. The van der Waals surface area contributed by atoms with Gasteiger partial charge in [-0.1, -0.05) is 72.5 Å². The highest BCUT2D eigenvalue weighted by Gasteiger charge is 2.40. The summed E-state index contributed by atoms with van der Waals surface area (Å²) in [6, 6.07) is 10.3. The number of hydrogen-bond acceptors (Lipinski definition) is 7. The molecule has 3 rings (SSSR count). The van der Waals surface area contributed by atoms with Crippen LogP contribution in [0.4, 0.5) is 10.5 Å². The van der Waals surface area contributed by atoms with E-state index in [-0.39, 0.29) is 41.6 Å². The normalized spacial score (nSPS) is 13.8. The topological polar surface area (TPSA) is 140 Å². The molecule has 14 heteroatoms.